The monoisotopic (exact) mass is 359 g/mol. The highest BCUT2D eigenvalue weighted by molar-refractivity contribution is 5.25. The van der Waals surface area contributed by atoms with Crippen molar-refractivity contribution in [2.24, 2.45) is 5.41 Å². The summed E-state index contributed by atoms with van der Waals surface area (Å²) in [5, 5.41) is 19.1. The Kier molecular flexibility index (Phi) is 5.39. The van der Waals surface area contributed by atoms with Gasteiger partial charge in [0.05, 0.1) is 31.0 Å². The lowest BCUT2D eigenvalue weighted by molar-refractivity contribution is -0.213. The summed E-state index contributed by atoms with van der Waals surface area (Å²) in [5.74, 6) is 0. The molecular weight excluding hydrogens is 335 g/mol. The molecule has 0 radical (unpaired) electrons. The van der Waals surface area contributed by atoms with Gasteiger partial charge in [0.15, 0.2) is 0 Å². The first-order valence-electron chi connectivity index (χ1n) is 8.64. The minimum Gasteiger partial charge on any atom is -0.394 e. The zero-order valence-electron chi connectivity index (χ0n) is 14.0. The molecule has 7 heteroatoms. The number of rotatable bonds is 5. The van der Waals surface area contributed by atoms with Crippen LogP contribution >= 0.6 is 0 Å². The standard InChI is InChI=1S/C18H24F3NO3/c19-18(20,21)14-3-1-2-13(10-14)12-22-6-4-17(5-7-22)15(24)11-16(17)25-9-8-23/h1-3,10,15-16,23-24H,4-9,11-12H2/t15-,16+/m1/s1. The molecule has 1 aromatic rings. The maximum atomic E-state index is 12.8. The topological polar surface area (TPSA) is 52.9 Å². The van der Waals surface area contributed by atoms with Gasteiger partial charge >= 0.3 is 6.18 Å². The van der Waals surface area contributed by atoms with E-state index in [9.17, 15) is 18.3 Å². The predicted octanol–water partition coefficient (Wildman–Crippen LogP) is 2.43. The van der Waals surface area contributed by atoms with E-state index in [2.05, 4.69) is 4.90 Å². The summed E-state index contributed by atoms with van der Waals surface area (Å²) in [6.45, 7) is 2.13. The van der Waals surface area contributed by atoms with E-state index in [-0.39, 0.29) is 24.7 Å². The zero-order valence-corrected chi connectivity index (χ0v) is 14.0. The van der Waals surface area contributed by atoms with Crippen LogP contribution < -0.4 is 0 Å². The molecule has 140 valence electrons. The molecular formula is C18H24F3NO3. The number of alkyl halides is 3. The van der Waals surface area contributed by atoms with E-state index < -0.39 is 17.8 Å². The van der Waals surface area contributed by atoms with Crippen molar-refractivity contribution in [2.45, 2.75) is 44.2 Å². The van der Waals surface area contributed by atoms with E-state index in [4.69, 9.17) is 9.84 Å². The van der Waals surface area contributed by atoms with Crippen LogP contribution in [-0.4, -0.2) is 53.6 Å². The highest BCUT2D eigenvalue weighted by Crippen LogP contribution is 2.51. The van der Waals surface area contributed by atoms with Crippen LogP contribution in [-0.2, 0) is 17.5 Å². The van der Waals surface area contributed by atoms with Crippen molar-refractivity contribution in [3.05, 3.63) is 35.4 Å². The fourth-order valence-electron chi connectivity index (χ4n) is 4.04. The number of hydrogen-bond acceptors (Lipinski definition) is 4. The molecule has 1 heterocycles. The summed E-state index contributed by atoms with van der Waals surface area (Å²) in [7, 11) is 0. The van der Waals surface area contributed by atoms with Crippen LogP contribution in [0.1, 0.15) is 30.4 Å². The summed E-state index contributed by atoms with van der Waals surface area (Å²) in [5.41, 5.74) is -0.238. The summed E-state index contributed by atoms with van der Waals surface area (Å²) in [4.78, 5) is 2.12. The van der Waals surface area contributed by atoms with Gasteiger partial charge in [-0.15, -0.1) is 0 Å². The molecule has 1 aromatic carbocycles. The summed E-state index contributed by atoms with van der Waals surface area (Å²) < 4.78 is 44.1. The maximum Gasteiger partial charge on any atom is 0.416 e. The van der Waals surface area contributed by atoms with Gasteiger partial charge in [0.2, 0.25) is 0 Å². The van der Waals surface area contributed by atoms with Crippen LogP contribution in [0, 0.1) is 5.41 Å². The zero-order chi connectivity index (χ0) is 18.1. The third-order valence-electron chi connectivity index (χ3n) is 5.60. The number of aliphatic hydroxyl groups excluding tert-OH is 2. The number of nitrogens with zero attached hydrogens (tertiary/aromatic N) is 1. The highest BCUT2D eigenvalue weighted by Gasteiger charge is 2.56. The molecule has 0 bridgehead atoms. The number of hydrogen-bond donors (Lipinski definition) is 2. The normalized spacial score (nSPS) is 26.6. The molecule has 1 spiro atoms. The molecule has 2 N–H and O–H groups in total. The minimum atomic E-state index is -4.32. The Bertz CT molecular complexity index is 585. The smallest absolute Gasteiger partial charge is 0.394 e. The fraction of sp³-hybridized carbons (Fsp3) is 0.667. The number of benzene rings is 1. The van der Waals surface area contributed by atoms with Crippen molar-refractivity contribution in [1.82, 2.24) is 4.90 Å². The second-order valence-electron chi connectivity index (χ2n) is 7.04. The molecule has 0 amide bonds. The van der Waals surface area contributed by atoms with Gasteiger partial charge in [0.25, 0.3) is 0 Å². The van der Waals surface area contributed by atoms with E-state index in [0.29, 0.717) is 31.6 Å². The molecule has 25 heavy (non-hydrogen) atoms. The molecule has 2 atom stereocenters. The van der Waals surface area contributed by atoms with Crippen LogP contribution in [0.5, 0.6) is 0 Å². The Balaban J connectivity index is 1.58. The molecule has 0 unspecified atom stereocenters. The molecule has 3 rings (SSSR count). The van der Waals surface area contributed by atoms with Gasteiger partial charge in [-0.25, -0.2) is 0 Å². The average Bonchev–Trinajstić information content (AvgIpc) is 2.58. The largest absolute Gasteiger partial charge is 0.416 e. The lowest BCUT2D eigenvalue weighted by Gasteiger charge is -2.56. The van der Waals surface area contributed by atoms with Crippen LogP contribution in [0.2, 0.25) is 0 Å². The lowest BCUT2D eigenvalue weighted by Crippen LogP contribution is -2.62. The van der Waals surface area contributed by atoms with E-state index in [1.165, 1.54) is 12.1 Å². The van der Waals surface area contributed by atoms with Crippen molar-refractivity contribution in [2.75, 3.05) is 26.3 Å². The first kappa shape index (κ1) is 18.6. The lowest BCUT2D eigenvalue weighted by atomic mass is 9.58. The minimum absolute atomic E-state index is 0.0367. The van der Waals surface area contributed by atoms with Crippen LogP contribution in [0.3, 0.4) is 0 Å². The van der Waals surface area contributed by atoms with Gasteiger partial charge in [0.1, 0.15) is 0 Å². The molecule has 1 aliphatic carbocycles. The first-order valence-corrected chi connectivity index (χ1v) is 8.64. The number of likely N-dealkylation sites (tertiary alicyclic amines) is 1. The molecule has 0 aromatic heterocycles. The SMILES string of the molecule is OCCO[C@H]1C[C@@H](O)C12CCN(Cc1cccc(C(F)(F)F)c1)CC2. The molecule has 1 saturated heterocycles. The molecule has 2 fully saturated rings. The number of ether oxygens (including phenoxy) is 1. The van der Waals surface area contributed by atoms with E-state index >= 15 is 0 Å². The van der Waals surface area contributed by atoms with Crippen LogP contribution in [0.4, 0.5) is 13.2 Å². The molecule has 4 nitrogen and oxygen atoms in total. The maximum absolute atomic E-state index is 12.8. The Morgan fingerprint density at radius 3 is 2.56 bits per heavy atom. The van der Waals surface area contributed by atoms with Crippen molar-refractivity contribution >= 4 is 0 Å². The number of halogens is 3. The van der Waals surface area contributed by atoms with Crippen LogP contribution in [0.15, 0.2) is 24.3 Å². The highest BCUT2D eigenvalue weighted by atomic mass is 19.4. The van der Waals surface area contributed by atoms with Gasteiger partial charge < -0.3 is 14.9 Å². The second-order valence-corrected chi connectivity index (χ2v) is 7.04. The van der Waals surface area contributed by atoms with Gasteiger partial charge in [-0.3, -0.25) is 4.90 Å². The number of piperidine rings is 1. The van der Waals surface area contributed by atoms with Crippen molar-refractivity contribution in [3.63, 3.8) is 0 Å². The Hall–Kier alpha value is -1.15. The molecule has 2 aliphatic rings. The van der Waals surface area contributed by atoms with Gasteiger partial charge in [-0.1, -0.05) is 18.2 Å². The van der Waals surface area contributed by atoms with Gasteiger partial charge in [-0.2, -0.15) is 13.2 Å². The van der Waals surface area contributed by atoms with Crippen molar-refractivity contribution in [3.8, 4) is 0 Å². The Labute approximate surface area is 145 Å². The van der Waals surface area contributed by atoms with E-state index in [1.54, 1.807) is 6.07 Å². The van der Waals surface area contributed by atoms with Gasteiger partial charge in [0, 0.05) is 18.4 Å². The predicted molar refractivity (Wildman–Crippen MR) is 85.8 cm³/mol. The average molecular weight is 359 g/mol. The number of aliphatic hydroxyl groups is 2. The quantitative estimate of drug-likeness (QED) is 0.848. The van der Waals surface area contributed by atoms with E-state index in [1.807, 2.05) is 0 Å². The Morgan fingerprint density at radius 1 is 1.24 bits per heavy atom. The molecule has 1 saturated carbocycles. The first-order chi connectivity index (χ1) is 11.8. The summed E-state index contributed by atoms with van der Waals surface area (Å²) in [6, 6.07) is 5.45. The second kappa shape index (κ2) is 7.23. The molecule has 1 aliphatic heterocycles. The van der Waals surface area contributed by atoms with E-state index in [0.717, 1.165) is 18.9 Å². The van der Waals surface area contributed by atoms with Gasteiger partial charge in [-0.05, 0) is 37.6 Å². The van der Waals surface area contributed by atoms with Crippen molar-refractivity contribution in [1.29, 1.82) is 0 Å². The summed E-state index contributed by atoms with van der Waals surface area (Å²) in [6.07, 6.45) is -2.66. The summed E-state index contributed by atoms with van der Waals surface area (Å²) >= 11 is 0. The Morgan fingerprint density at radius 2 is 1.96 bits per heavy atom. The fourth-order valence-corrected chi connectivity index (χ4v) is 4.04. The third-order valence-corrected chi connectivity index (χ3v) is 5.60. The third kappa shape index (κ3) is 3.84. The van der Waals surface area contributed by atoms with Crippen molar-refractivity contribution < 1.29 is 28.1 Å². The van der Waals surface area contributed by atoms with Crippen LogP contribution in [0.25, 0.3) is 0 Å².